The van der Waals surface area contributed by atoms with Crippen LogP contribution in [0.15, 0.2) is 41.3 Å². The van der Waals surface area contributed by atoms with Crippen LogP contribution in [-0.4, -0.2) is 40.2 Å². The molecule has 2 aromatic rings. The summed E-state index contributed by atoms with van der Waals surface area (Å²) >= 11 is 6.74. The van der Waals surface area contributed by atoms with Crippen molar-refractivity contribution in [1.29, 1.82) is 0 Å². The summed E-state index contributed by atoms with van der Waals surface area (Å²) in [5, 5.41) is 12.1. The molecule has 0 aromatic heterocycles. The Morgan fingerprint density at radius 3 is 2.63 bits per heavy atom. The highest BCUT2D eigenvalue weighted by Gasteiger charge is 2.36. The van der Waals surface area contributed by atoms with Crippen LogP contribution in [0.5, 0.6) is 11.5 Å². The number of halogens is 1. The molecule has 2 N–H and O–H groups in total. The molecule has 156 valence electrons. The Morgan fingerprint density at radius 2 is 1.97 bits per heavy atom. The summed E-state index contributed by atoms with van der Waals surface area (Å²) < 4.78 is 5.32. The number of carbonyl (C=O) groups excluding carboxylic acids is 3. The molecule has 1 aliphatic rings. The number of carbonyl (C=O) groups is 3. The third-order valence-electron chi connectivity index (χ3n) is 4.16. The van der Waals surface area contributed by atoms with E-state index in [9.17, 15) is 19.5 Å². The zero-order valence-corrected chi connectivity index (χ0v) is 17.8. The third-order valence-corrected chi connectivity index (χ3v) is 5.35. The van der Waals surface area contributed by atoms with Crippen LogP contribution in [0.2, 0.25) is 5.02 Å². The first kappa shape index (κ1) is 21.7. The molecule has 0 unspecified atom stereocenters. The van der Waals surface area contributed by atoms with Crippen LogP contribution in [0, 0.1) is 6.92 Å². The van der Waals surface area contributed by atoms with Crippen molar-refractivity contribution < 1.29 is 24.2 Å². The lowest BCUT2D eigenvalue weighted by Crippen LogP contribution is -2.36. The molecule has 0 saturated carbocycles. The number of phenols is 1. The maximum atomic E-state index is 12.6. The molecule has 7 nitrogen and oxygen atoms in total. The number of ether oxygens (including phenoxy) is 1. The molecule has 9 heteroatoms. The molecule has 2 aromatic carbocycles. The van der Waals surface area contributed by atoms with Crippen molar-refractivity contribution in [3.8, 4) is 11.5 Å². The highest BCUT2D eigenvalue weighted by Crippen LogP contribution is 2.38. The maximum Gasteiger partial charge on any atom is 0.294 e. The summed E-state index contributed by atoms with van der Waals surface area (Å²) in [7, 11) is 0. The zero-order valence-electron chi connectivity index (χ0n) is 16.3. The van der Waals surface area contributed by atoms with E-state index in [1.807, 2.05) is 19.1 Å². The van der Waals surface area contributed by atoms with E-state index < -0.39 is 23.6 Å². The van der Waals surface area contributed by atoms with Gasteiger partial charge in [-0.2, -0.15) is 0 Å². The third kappa shape index (κ3) is 4.95. The molecule has 30 heavy (non-hydrogen) atoms. The lowest BCUT2D eigenvalue weighted by molar-refractivity contribution is -0.127. The lowest BCUT2D eigenvalue weighted by Gasteiger charge is -2.12. The second-order valence-electron chi connectivity index (χ2n) is 6.46. The molecular formula is C21H19ClN2O5S. The number of anilines is 1. The van der Waals surface area contributed by atoms with Gasteiger partial charge >= 0.3 is 0 Å². The Hall–Kier alpha value is -2.97. The van der Waals surface area contributed by atoms with Crippen LogP contribution in [0.3, 0.4) is 0 Å². The second-order valence-corrected chi connectivity index (χ2v) is 7.86. The van der Waals surface area contributed by atoms with Gasteiger partial charge in [0.05, 0.1) is 16.5 Å². The molecule has 0 radical (unpaired) electrons. The minimum absolute atomic E-state index is 0.0592. The van der Waals surface area contributed by atoms with Crippen LogP contribution in [0.4, 0.5) is 10.5 Å². The Kier molecular flexibility index (Phi) is 6.69. The minimum Gasteiger partial charge on any atom is -0.503 e. The minimum atomic E-state index is -0.578. The van der Waals surface area contributed by atoms with E-state index in [4.69, 9.17) is 16.3 Å². The fourth-order valence-corrected chi connectivity index (χ4v) is 3.77. The normalized spacial score (nSPS) is 15.0. The average molecular weight is 447 g/mol. The van der Waals surface area contributed by atoms with Crippen molar-refractivity contribution in [2.75, 3.05) is 18.5 Å². The molecule has 3 rings (SSSR count). The molecular weight excluding hydrogens is 428 g/mol. The number of aryl methyl sites for hydroxylation is 1. The predicted molar refractivity (Wildman–Crippen MR) is 117 cm³/mol. The van der Waals surface area contributed by atoms with Gasteiger partial charge in [0.2, 0.25) is 5.91 Å². The number of aromatic hydroxyl groups is 1. The van der Waals surface area contributed by atoms with Crippen molar-refractivity contribution in [2.24, 2.45) is 0 Å². The molecule has 0 atom stereocenters. The molecule has 0 aliphatic carbocycles. The second kappa shape index (κ2) is 9.23. The largest absolute Gasteiger partial charge is 0.503 e. The van der Waals surface area contributed by atoms with Gasteiger partial charge in [0, 0.05) is 5.69 Å². The Morgan fingerprint density at radius 1 is 1.27 bits per heavy atom. The van der Waals surface area contributed by atoms with Crippen LogP contribution in [0.25, 0.3) is 6.08 Å². The monoisotopic (exact) mass is 446 g/mol. The van der Waals surface area contributed by atoms with Crippen molar-refractivity contribution in [3.63, 3.8) is 0 Å². The Bertz CT molecular complexity index is 1040. The molecule has 3 amide bonds. The Labute approximate surface area is 182 Å². The smallest absolute Gasteiger partial charge is 0.294 e. The van der Waals surface area contributed by atoms with Gasteiger partial charge in [-0.05, 0) is 61.5 Å². The van der Waals surface area contributed by atoms with E-state index in [2.05, 4.69) is 5.32 Å². The Balaban J connectivity index is 1.74. The number of rotatable bonds is 6. The molecule has 1 fully saturated rings. The first-order chi connectivity index (χ1) is 14.3. The molecule has 1 aliphatic heterocycles. The predicted octanol–water partition coefficient (Wildman–Crippen LogP) is 4.43. The standard InChI is InChI=1S/C21H19ClN2O5S/c1-3-29-16-9-13(8-15(22)19(16)26)10-17-20(27)24(21(28)30-17)11-18(25)23-14-6-4-12(2)5-7-14/h4-10,26H,3,11H2,1-2H3,(H,23,25)/b17-10-. The summed E-state index contributed by atoms with van der Waals surface area (Å²) in [4.78, 5) is 38.2. The first-order valence-corrected chi connectivity index (χ1v) is 10.2. The van der Waals surface area contributed by atoms with Gasteiger partial charge in [-0.1, -0.05) is 29.3 Å². The van der Waals surface area contributed by atoms with Gasteiger partial charge in [-0.15, -0.1) is 0 Å². The van der Waals surface area contributed by atoms with Crippen LogP contribution in [-0.2, 0) is 9.59 Å². The summed E-state index contributed by atoms with van der Waals surface area (Å²) in [5.74, 6) is -1.08. The maximum absolute atomic E-state index is 12.6. The van der Waals surface area contributed by atoms with Gasteiger partial charge in [0.1, 0.15) is 6.54 Å². The van der Waals surface area contributed by atoms with Crippen molar-refractivity contribution >= 4 is 52.2 Å². The van der Waals surface area contributed by atoms with E-state index >= 15 is 0 Å². The lowest BCUT2D eigenvalue weighted by atomic mass is 10.2. The fourth-order valence-electron chi connectivity index (χ4n) is 2.71. The average Bonchev–Trinajstić information content (AvgIpc) is 2.95. The van der Waals surface area contributed by atoms with Gasteiger partial charge in [-0.25, -0.2) is 0 Å². The van der Waals surface area contributed by atoms with Crippen molar-refractivity contribution in [3.05, 3.63) is 57.5 Å². The van der Waals surface area contributed by atoms with Gasteiger partial charge in [-0.3, -0.25) is 19.3 Å². The number of benzene rings is 2. The summed E-state index contributed by atoms with van der Waals surface area (Å²) in [5.41, 5.74) is 2.11. The first-order valence-electron chi connectivity index (χ1n) is 9.05. The van der Waals surface area contributed by atoms with Crippen molar-refractivity contribution in [1.82, 2.24) is 4.90 Å². The van der Waals surface area contributed by atoms with E-state index in [1.165, 1.54) is 18.2 Å². The summed E-state index contributed by atoms with van der Waals surface area (Å²) in [6.45, 7) is 3.61. The van der Waals surface area contributed by atoms with Crippen molar-refractivity contribution in [2.45, 2.75) is 13.8 Å². The number of hydrogen-bond acceptors (Lipinski definition) is 6. The fraction of sp³-hybridized carbons (Fsp3) is 0.190. The zero-order chi connectivity index (χ0) is 21.8. The van der Waals surface area contributed by atoms with E-state index in [0.717, 1.165) is 22.2 Å². The number of nitrogens with zero attached hydrogens (tertiary/aromatic N) is 1. The highest BCUT2D eigenvalue weighted by atomic mass is 35.5. The van der Waals surface area contributed by atoms with E-state index in [-0.39, 0.29) is 21.4 Å². The van der Waals surface area contributed by atoms with Gasteiger partial charge in [0.25, 0.3) is 11.1 Å². The number of nitrogens with one attached hydrogen (secondary N) is 1. The number of amides is 3. The number of phenolic OH excluding ortho intramolecular Hbond substituents is 1. The number of imide groups is 1. The molecule has 1 heterocycles. The number of thioether (sulfide) groups is 1. The number of hydrogen-bond donors (Lipinski definition) is 2. The quantitative estimate of drug-likeness (QED) is 0.637. The van der Waals surface area contributed by atoms with Crippen LogP contribution >= 0.6 is 23.4 Å². The molecule has 0 bridgehead atoms. The topological polar surface area (TPSA) is 95.9 Å². The molecule has 0 spiro atoms. The highest BCUT2D eigenvalue weighted by molar-refractivity contribution is 8.18. The SMILES string of the molecule is CCOc1cc(/C=C2\SC(=O)N(CC(=O)Nc3ccc(C)cc3)C2=O)cc(Cl)c1O. The van der Waals surface area contributed by atoms with E-state index in [0.29, 0.717) is 17.9 Å². The summed E-state index contributed by atoms with van der Waals surface area (Å²) in [6, 6.07) is 10.1. The molecule has 1 saturated heterocycles. The summed E-state index contributed by atoms with van der Waals surface area (Å²) in [6.07, 6.45) is 1.47. The van der Waals surface area contributed by atoms with Gasteiger partial charge in [0.15, 0.2) is 11.5 Å². The van der Waals surface area contributed by atoms with Crippen LogP contribution < -0.4 is 10.1 Å². The van der Waals surface area contributed by atoms with Gasteiger partial charge < -0.3 is 15.2 Å². The van der Waals surface area contributed by atoms with E-state index in [1.54, 1.807) is 19.1 Å². The van der Waals surface area contributed by atoms with Crippen LogP contribution in [0.1, 0.15) is 18.1 Å².